The summed E-state index contributed by atoms with van der Waals surface area (Å²) in [6, 6.07) is 22.0. The summed E-state index contributed by atoms with van der Waals surface area (Å²) >= 11 is 0. The Morgan fingerprint density at radius 2 is 1.50 bits per heavy atom. The SMILES string of the molecule is Cc1ccccc1NS(=O)(=O)c1ccc(C)c(C(=O)Nc2ccc(Oc3ccncc3)cc2)c1. The molecule has 0 radical (unpaired) electrons. The number of nitrogens with zero attached hydrogens (tertiary/aromatic N) is 1. The molecule has 0 aliphatic carbocycles. The summed E-state index contributed by atoms with van der Waals surface area (Å²) in [5, 5.41) is 2.81. The van der Waals surface area contributed by atoms with Gasteiger partial charge in [0.1, 0.15) is 11.5 Å². The van der Waals surface area contributed by atoms with Gasteiger partial charge in [0, 0.05) is 23.6 Å². The Kier molecular flexibility index (Phi) is 6.60. The Labute approximate surface area is 198 Å². The van der Waals surface area contributed by atoms with E-state index in [4.69, 9.17) is 4.74 Å². The second kappa shape index (κ2) is 9.76. The van der Waals surface area contributed by atoms with Crippen LogP contribution in [0, 0.1) is 13.8 Å². The lowest BCUT2D eigenvalue weighted by atomic mass is 10.1. The molecule has 0 saturated heterocycles. The third-order valence-corrected chi connectivity index (χ3v) is 6.51. The van der Waals surface area contributed by atoms with Crippen LogP contribution in [0.4, 0.5) is 11.4 Å². The number of nitrogens with one attached hydrogen (secondary N) is 2. The Bertz CT molecular complexity index is 1420. The fourth-order valence-corrected chi connectivity index (χ4v) is 4.41. The molecule has 7 nitrogen and oxygen atoms in total. The largest absolute Gasteiger partial charge is 0.457 e. The predicted octanol–water partition coefficient (Wildman–Crippen LogP) is 5.54. The number of aromatic nitrogens is 1. The summed E-state index contributed by atoms with van der Waals surface area (Å²) < 4.78 is 34.2. The Morgan fingerprint density at radius 3 is 2.21 bits per heavy atom. The van der Waals surface area contributed by atoms with Crippen LogP contribution in [0.3, 0.4) is 0 Å². The van der Waals surface area contributed by atoms with Crippen molar-refractivity contribution in [3.63, 3.8) is 0 Å². The highest BCUT2D eigenvalue weighted by atomic mass is 32.2. The maximum atomic E-state index is 12.9. The fourth-order valence-electron chi connectivity index (χ4n) is 3.25. The standard InChI is InChI=1S/C26H23N3O4S/c1-18-7-12-23(34(31,32)29-25-6-4-3-5-19(25)2)17-24(18)26(30)28-20-8-10-21(11-9-20)33-22-13-15-27-16-14-22/h3-17,29H,1-2H3,(H,28,30). The van der Waals surface area contributed by atoms with Crippen molar-refractivity contribution in [1.82, 2.24) is 4.98 Å². The van der Waals surface area contributed by atoms with E-state index in [0.29, 0.717) is 28.4 Å². The third-order valence-electron chi connectivity index (χ3n) is 5.15. The molecule has 8 heteroatoms. The van der Waals surface area contributed by atoms with E-state index in [-0.39, 0.29) is 10.5 Å². The van der Waals surface area contributed by atoms with Gasteiger partial charge in [-0.25, -0.2) is 8.42 Å². The van der Waals surface area contributed by atoms with Crippen LogP contribution in [-0.2, 0) is 10.0 Å². The van der Waals surface area contributed by atoms with Crippen LogP contribution in [-0.4, -0.2) is 19.3 Å². The highest BCUT2D eigenvalue weighted by Gasteiger charge is 2.19. The van der Waals surface area contributed by atoms with Crippen LogP contribution >= 0.6 is 0 Å². The number of hydrogen-bond acceptors (Lipinski definition) is 5. The van der Waals surface area contributed by atoms with Crippen LogP contribution in [0.15, 0.2) is 96.2 Å². The van der Waals surface area contributed by atoms with Crippen LogP contribution in [0.5, 0.6) is 11.5 Å². The van der Waals surface area contributed by atoms with E-state index in [1.807, 2.05) is 19.1 Å². The van der Waals surface area contributed by atoms with Crippen molar-refractivity contribution in [3.8, 4) is 11.5 Å². The van der Waals surface area contributed by atoms with Crippen LogP contribution in [0.1, 0.15) is 21.5 Å². The number of pyridine rings is 1. The summed E-state index contributed by atoms with van der Waals surface area (Å²) in [5.74, 6) is 0.851. The highest BCUT2D eigenvalue weighted by Crippen LogP contribution is 2.24. The molecule has 0 bridgehead atoms. The number of ether oxygens (including phenoxy) is 1. The zero-order valence-electron chi connectivity index (χ0n) is 18.6. The van der Waals surface area contributed by atoms with Gasteiger partial charge in [-0.15, -0.1) is 0 Å². The van der Waals surface area contributed by atoms with E-state index in [1.54, 1.807) is 73.9 Å². The number of hydrogen-bond donors (Lipinski definition) is 2. The molecular weight excluding hydrogens is 450 g/mol. The molecule has 0 aliphatic heterocycles. The van der Waals surface area contributed by atoms with Crippen LogP contribution in [0.2, 0.25) is 0 Å². The van der Waals surface area contributed by atoms with Crippen molar-refractivity contribution >= 4 is 27.3 Å². The van der Waals surface area contributed by atoms with Crippen molar-refractivity contribution in [2.75, 3.05) is 10.0 Å². The molecule has 34 heavy (non-hydrogen) atoms. The summed E-state index contributed by atoms with van der Waals surface area (Å²) in [7, 11) is -3.87. The van der Waals surface area contributed by atoms with Gasteiger partial charge >= 0.3 is 0 Å². The van der Waals surface area contributed by atoms with Gasteiger partial charge in [-0.1, -0.05) is 24.3 Å². The number of carbonyl (C=O) groups is 1. The van der Waals surface area contributed by atoms with Crippen molar-refractivity contribution in [2.45, 2.75) is 18.7 Å². The molecule has 2 N–H and O–H groups in total. The molecule has 1 heterocycles. The number of rotatable bonds is 7. The topological polar surface area (TPSA) is 97.4 Å². The van der Waals surface area contributed by atoms with Crippen molar-refractivity contribution in [3.05, 3.63) is 108 Å². The maximum Gasteiger partial charge on any atom is 0.261 e. The minimum atomic E-state index is -3.87. The Balaban J connectivity index is 1.50. The highest BCUT2D eigenvalue weighted by molar-refractivity contribution is 7.92. The summed E-state index contributed by atoms with van der Waals surface area (Å²) in [5.41, 5.74) is 2.77. The number of anilines is 2. The van der Waals surface area contributed by atoms with E-state index in [0.717, 1.165) is 5.56 Å². The lowest BCUT2D eigenvalue weighted by Gasteiger charge is -2.13. The normalized spacial score (nSPS) is 11.0. The molecule has 172 valence electrons. The smallest absolute Gasteiger partial charge is 0.261 e. The van der Waals surface area contributed by atoms with E-state index in [1.165, 1.54) is 12.1 Å². The second-order valence-electron chi connectivity index (χ2n) is 7.66. The van der Waals surface area contributed by atoms with Gasteiger partial charge in [0.2, 0.25) is 0 Å². The summed E-state index contributed by atoms with van der Waals surface area (Å²) in [6.07, 6.45) is 3.27. The maximum absolute atomic E-state index is 12.9. The Morgan fingerprint density at radius 1 is 0.824 bits per heavy atom. The van der Waals surface area contributed by atoms with E-state index in [2.05, 4.69) is 15.0 Å². The third kappa shape index (κ3) is 5.41. The van der Waals surface area contributed by atoms with Crippen molar-refractivity contribution < 1.29 is 17.9 Å². The number of carbonyl (C=O) groups excluding carboxylic acids is 1. The summed E-state index contributed by atoms with van der Waals surface area (Å²) in [4.78, 5) is 16.9. The molecule has 4 aromatic rings. The fraction of sp³-hybridized carbons (Fsp3) is 0.0769. The average molecular weight is 474 g/mol. The number of para-hydroxylation sites is 1. The molecule has 1 amide bonds. The number of benzene rings is 3. The minimum Gasteiger partial charge on any atom is -0.457 e. The molecule has 0 unspecified atom stereocenters. The lowest BCUT2D eigenvalue weighted by molar-refractivity contribution is 0.102. The number of aryl methyl sites for hydroxylation is 2. The average Bonchev–Trinajstić information content (AvgIpc) is 2.82. The van der Waals surface area contributed by atoms with Crippen LogP contribution < -0.4 is 14.8 Å². The molecule has 4 rings (SSSR count). The summed E-state index contributed by atoms with van der Waals surface area (Å²) in [6.45, 7) is 3.57. The van der Waals surface area contributed by atoms with Gasteiger partial charge in [-0.3, -0.25) is 14.5 Å². The van der Waals surface area contributed by atoms with Gasteiger partial charge in [-0.2, -0.15) is 0 Å². The van der Waals surface area contributed by atoms with Gasteiger partial charge < -0.3 is 10.1 Å². The van der Waals surface area contributed by atoms with Crippen molar-refractivity contribution in [2.24, 2.45) is 0 Å². The molecule has 0 aliphatic rings. The molecule has 0 spiro atoms. The van der Waals surface area contributed by atoms with Gasteiger partial charge in [0.25, 0.3) is 15.9 Å². The van der Waals surface area contributed by atoms with Crippen LogP contribution in [0.25, 0.3) is 0 Å². The van der Waals surface area contributed by atoms with Gasteiger partial charge in [-0.05, 0) is 79.6 Å². The number of amides is 1. The van der Waals surface area contributed by atoms with Gasteiger partial charge in [0.15, 0.2) is 0 Å². The molecule has 3 aromatic carbocycles. The zero-order valence-corrected chi connectivity index (χ0v) is 19.5. The molecule has 0 atom stereocenters. The first-order valence-corrected chi connectivity index (χ1v) is 12.0. The molecule has 0 saturated carbocycles. The predicted molar refractivity (Wildman–Crippen MR) is 132 cm³/mol. The van der Waals surface area contributed by atoms with Crippen molar-refractivity contribution in [1.29, 1.82) is 0 Å². The quantitative estimate of drug-likeness (QED) is 0.367. The first-order valence-electron chi connectivity index (χ1n) is 10.5. The molecular formula is C26H23N3O4S. The first-order chi connectivity index (χ1) is 16.3. The van der Waals surface area contributed by atoms with E-state index in [9.17, 15) is 13.2 Å². The molecule has 0 fully saturated rings. The Hall–Kier alpha value is -4.17. The first kappa shape index (κ1) is 23.0. The monoisotopic (exact) mass is 473 g/mol. The second-order valence-corrected chi connectivity index (χ2v) is 9.34. The van der Waals surface area contributed by atoms with Gasteiger partial charge in [0.05, 0.1) is 10.6 Å². The van der Waals surface area contributed by atoms with E-state index < -0.39 is 15.9 Å². The van der Waals surface area contributed by atoms with E-state index >= 15 is 0 Å². The number of sulfonamides is 1. The minimum absolute atomic E-state index is 0.00704. The lowest BCUT2D eigenvalue weighted by Crippen LogP contribution is -2.17. The molecule has 1 aromatic heterocycles. The zero-order chi connectivity index (χ0) is 24.1.